The summed E-state index contributed by atoms with van der Waals surface area (Å²) in [5.41, 5.74) is -0.495. The molecule has 1 saturated carbocycles. The van der Waals surface area contributed by atoms with Crippen molar-refractivity contribution in [2.45, 2.75) is 56.2 Å². The lowest BCUT2D eigenvalue weighted by Gasteiger charge is -2.10. The summed E-state index contributed by atoms with van der Waals surface area (Å²) < 4.78 is 27.1. The van der Waals surface area contributed by atoms with Gasteiger partial charge in [0.15, 0.2) is 5.17 Å². The number of nitrogens with zero attached hydrogens (tertiary/aromatic N) is 1. The number of carbonyl (C=O) groups excluding carboxylic acids is 2. The van der Waals surface area contributed by atoms with Gasteiger partial charge >= 0.3 is 6.03 Å². The minimum Gasteiger partial charge on any atom is -0.338 e. The van der Waals surface area contributed by atoms with E-state index in [2.05, 4.69) is 20.9 Å². The molecule has 3 amide bonds. The fourth-order valence-corrected chi connectivity index (χ4v) is 4.34. The second-order valence-corrected chi connectivity index (χ2v) is 8.13. The van der Waals surface area contributed by atoms with Crippen LogP contribution in [0, 0.1) is 11.6 Å². The third-order valence-electron chi connectivity index (χ3n) is 4.79. The van der Waals surface area contributed by atoms with Crippen molar-refractivity contribution in [2.75, 3.05) is 11.9 Å². The van der Waals surface area contributed by atoms with E-state index < -0.39 is 23.4 Å². The van der Waals surface area contributed by atoms with Gasteiger partial charge in [-0.05, 0) is 31.4 Å². The van der Waals surface area contributed by atoms with E-state index in [0.29, 0.717) is 11.6 Å². The molecule has 28 heavy (non-hydrogen) atoms. The number of amidine groups is 1. The number of anilines is 1. The average molecular weight is 410 g/mol. The lowest BCUT2D eigenvalue weighted by molar-refractivity contribution is -0.118. The first kappa shape index (κ1) is 20.6. The largest absolute Gasteiger partial charge is 0.338 e. The number of thioether (sulfide) groups is 1. The van der Waals surface area contributed by atoms with E-state index in [0.717, 1.165) is 25.0 Å². The number of amides is 3. The van der Waals surface area contributed by atoms with Gasteiger partial charge in [0.05, 0.1) is 11.3 Å². The lowest BCUT2D eigenvalue weighted by Crippen LogP contribution is -2.33. The molecule has 0 aromatic heterocycles. The number of aliphatic imine (C=N–C) groups is 1. The zero-order chi connectivity index (χ0) is 19.9. The maximum Gasteiger partial charge on any atom is 0.319 e. The molecule has 6 nitrogen and oxygen atoms in total. The van der Waals surface area contributed by atoms with Gasteiger partial charge in [-0.3, -0.25) is 9.79 Å². The van der Waals surface area contributed by atoms with Crippen LogP contribution in [0.25, 0.3) is 0 Å². The van der Waals surface area contributed by atoms with Crippen molar-refractivity contribution in [1.29, 1.82) is 0 Å². The van der Waals surface area contributed by atoms with E-state index in [-0.39, 0.29) is 23.7 Å². The molecule has 1 atom stereocenters. The van der Waals surface area contributed by atoms with Crippen LogP contribution in [0.15, 0.2) is 23.2 Å². The van der Waals surface area contributed by atoms with Crippen LogP contribution >= 0.6 is 11.8 Å². The molecule has 1 unspecified atom stereocenters. The summed E-state index contributed by atoms with van der Waals surface area (Å²) in [6, 6.07) is 2.89. The van der Waals surface area contributed by atoms with Gasteiger partial charge in [0.1, 0.15) is 17.3 Å². The maximum absolute atomic E-state index is 13.5. The van der Waals surface area contributed by atoms with Crippen LogP contribution < -0.4 is 16.0 Å². The highest BCUT2D eigenvalue weighted by atomic mass is 32.2. The first-order valence-electron chi connectivity index (χ1n) is 9.57. The van der Waals surface area contributed by atoms with Crippen LogP contribution in [0.5, 0.6) is 0 Å². The fourth-order valence-electron chi connectivity index (χ4n) is 3.30. The van der Waals surface area contributed by atoms with Gasteiger partial charge < -0.3 is 16.0 Å². The number of hydrogen-bond acceptors (Lipinski definition) is 4. The lowest BCUT2D eigenvalue weighted by atomic mass is 10.1. The minimum atomic E-state index is -0.847. The molecule has 2 fully saturated rings. The normalized spacial score (nSPS) is 22.0. The molecule has 1 heterocycles. The number of urea groups is 1. The van der Waals surface area contributed by atoms with E-state index in [1.807, 2.05) is 0 Å². The number of para-hydroxylation sites is 1. The molecule has 0 radical (unpaired) electrons. The van der Waals surface area contributed by atoms with Gasteiger partial charge in [-0.2, -0.15) is 0 Å². The molecule has 9 heteroatoms. The molecule has 3 N–H and O–H groups in total. The number of nitrogens with one attached hydrogen (secondary N) is 3. The molecule has 152 valence electrons. The molecule has 1 saturated heterocycles. The topological polar surface area (TPSA) is 82.6 Å². The third kappa shape index (κ3) is 5.67. The van der Waals surface area contributed by atoms with Crippen LogP contribution in [-0.2, 0) is 4.79 Å². The number of carbonyl (C=O) groups is 2. The average Bonchev–Trinajstić information content (AvgIpc) is 2.83. The van der Waals surface area contributed by atoms with Crippen molar-refractivity contribution in [2.24, 2.45) is 4.99 Å². The van der Waals surface area contributed by atoms with Gasteiger partial charge in [-0.1, -0.05) is 43.5 Å². The fraction of sp³-hybridized carbons (Fsp3) is 0.526. The smallest absolute Gasteiger partial charge is 0.319 e. The van der Waals surface area contributed by atoms with Gasteiger partial charge in [-0.15, -0.1) is 0 Å². The predicted octanol–water partition coefficient (Wildman–Crippen LogP) is 3.79. The Bertz CT molecular complexity index is 731. The highest BCUT2D eigenvalue weighted by Crippen LogP contribution is 2.26. The van der Waals surface area contributed by atoms with E-state index in [1.165, 1.54) is 43.5 Å². The van der Waals surface area contributed by atoms with Crippen molar-refractivity contribution < 1.29 is 18.4 Å². The van der Waals surface area contributed by atoms with Gasteiger partial charge in [-0.25, -0.2) is 13.6 Å². The van der Waals surface area contributed by atoms with Crippen LogP contribution in [0.2, 0.25) is 0 Å². The Labute approximate surface area is 166 Å². The quantitative estimate of drug-likeness (QED) is 0.646. The second-order valence-electron chi connectivity index (χ2n) is 6.94. The second kappa shape index (κ2) is 9.86. The van der Waals surface area contributed by atoms with Gasteiger partial charge in [0.25, 0.3) is 0 Å². The first-order valence-corrected chi connectivity index (χ1v) is 10.4. The highest BCUT2D eigenvalue weighted by molar-refractivity contribution is 8.15. The molecule has 3 rings (SSSR count). The zero-order valence-corrected chi connectivity index (χ0v) is 16.3. The van der Waals surface area contributed by atoms with E-state index in [9.17, 15) is 18.4 Å². The molecule has 1 aliphatic heterocycles. The summed E-state index contributed by atoms with van der Waals surface area (Å²) in [7, 11) is 0. The Hall–Kier alpha value is -2.16. The molecule has 1 aromatic carbocycles. The van der Waals surface area contributed by atoms with E-state index >= 15 is 0 Å². The standard InChI is InChI=1S/C19H24F2N4O2S/c20-13-8-5-9-14(21)16(13)24-18(27)22-11-10-15-17(26)25-19(28-15)23-12-6-3-1-2-4-7-12/h5,8-9,12,15H,1-4,6-7,10-11H2,(H2,22,24,27)(H,23,25,26). The third-order valence-corrected chi connectivity index (χ3v) is 5.96. The summed E-state index contributed by atoms with van der Waals surface area (Å²) in [6.07, 6.45) is 7.34. The number of halogens is 2. The Morgan fingerprint density at radius 2 is 1.86 bits per heavy atom. The summed E-state index contributed by atoms with van der Waals surface area (Å²) in [5, 5.41) is 7.80. The summed E-state index contributed by atoms with van der Waals surface area (Å²) in [6.45, 7) is 0.198. The van der Waals surface area contributed by atoms with Crippen molar-refractivity contribution in [1.82, 2.24) is 10.6 Å². The van der Waals surface area contributed by atoms with Crippen LogP contribution in [0.1, 0.15) is 44.9 Å². The van der Waals surface area contributed by atoms with E-state index in [4.69, 9.17) is 0 Å². The summed E-state index contributed by atoms with van der Waals surface area (Å²) >= 11 is 1.38. The van der Waals surface area contributed by atoms with Crippen LogP contribution in [-0.4, -0.2) is 34.9 Å². The van der Waals surface area contributed by atoms with Gasteiger partial charge in [0, 0.05) is 6.54 Å². The molecular formula is C19H24F2N4O2S. The Balaban J connectivity index is 1.44. The maximum atomic E-state index is 13.5. The van der Waals surface area contributed by atoms with Crippen molar-refractivity contribution in [3.63, 3.8) is 0 Å². The zero-order valence-electron chi connectivity index (χ0n) is 15.5. The molecular weight excluding hydrogens is 386 g/mol. The Morgan fingerprint density at radius 1 is 1.18 bits per heavy atom. The highest BCUT2D eigenvalue weighted by Gasteiger charge is 2.30. The summed E-state index contributed by atoms with van der Waals surface area (Å²) in [5.74, 6) is -1.82. The first-order chi connectivity index (χ1) is 13.5. The Kier molecular flexibility index (Phi) is 7.24. The monoisotopic (exact) mass is 410 g/mol. The van der Waals surface area contributed by atoms with E-state index in [1.54, 1.807) is 0 Å². The molecule has 0 bridgehead atoms. The molecule has 0 spiro atoms. The SMILES string of the molecule is O=C(NCCC1SC(=NC2CCCCCC2)NC1=O)Nc1c(F)cccc1F. The number of benzene rings is 1. The predicted molar refractivity (Wildman–Crippen MR) is 106 cm³/mol. The molecule has 2 aliphatic rings. The van der Waals surface area contributed by atoms with Crippen LogP contribution in [0.4, 0.5) is 19.3 Å². The summed E-state index contributed by atoms with van der Waals surface area (Å²) in [4.78, 5) is 28.6. The van der Waals surface area contributed by atoms with Crippen molar-refractivity contribution in [3.05, 3.63) is 29.8 Å². The van der Waals surface area contributed by atoms with Crippen molar-refractivity contribution in [3.8, 4) is 0 Å². The number of hydrogen-bond donors (Lipinski definition) is 3. The number of rotatable bonds is 5. The van der Waals surface area contributed by atoms with Crippen LogP contribution in [0.3, 0.4) is 0 Å². The minimum absolute atomic E-state index is 0.125. The molecule has 1 aromatic rings. The van der Waals surface area contributed by atoms with Gasteiger partial charge in [0.2, 0.25) is 5.91 Å². The molecule has 1 aliphatic carbocycles. The Morgan fingerprint density at radius 3 is 2.54 bits per heavy atom. The van der Waals surface area contributed by atoms with Crippen molar-refractivity contribution >= 4 is 34.6 Å².